The van der Waals surface area contributed by atoms with Crippen LogP contribution in [-0.2, 0) is 0 Å². The average molecular weight is 214 g/mol. The van der Waals surface area contributed by atoms with Gasteiger partial charge >= 0.3 is 6.18 Å². The first-order valence-corrected chi connectivity index (χ1v) is 4.19. The smallest absolute Gasteiger partial charge is 0.422 e. The van der Waals surface area contributed by atoms with Crippen LogP contribution in [0.2, 0.25) is 0 Å². The predicted octanol–water partition coefficient (Wildman–Crippen LogP) is 2.92. The fraction of sp³-hybridized carbons (Fsp3) is 0.273. The fourth-order valence-corrected chi connectivity index (χ4v) is 1.01. The third-order valence-corrected chi connectivity index (χ3v) is 1.77. The molecule has 0 saturated carbocycles. The number of halogens is 3. The molecule has 1 nitrogen and oxygen atoms in total. The summed E-state index contributed by atoms with van der Waals surface area (Å²) in [6.45, 7) is 0.475. The number of rotatable bonds is 2. The highest BCUT2D eigenvalue weighted by Gasteiger charge is 2.28. The van der Waals surface area contributed by atoms with E-state index in [0.717, 1.165) is 5.56 Å². The molecule has 0 aliphatic rings. The van der Waals surface area contributed by atoms with Crippen molar-refractivity contribution in [2.45, 2.75) is 13.1 Å². The van der Waals surface area contributed by atoms with Crippen LogP contribution in [0.4, 0.5) is 13.2 Å². The van der Waals surface area contributed by atoms with Crippen LogP contribution >= 0.6 is 0 Å². The Balaban J connectivity index is 2.76. The van der Waals surface area contributed by atoms with Crippen molar-refractivity contribution in [3.63, 3.8) is 0 Å². The van der Waals surface area contributed by atoms with Gasteiger partial charge in [-0.2, -0.15) is 13.2 Å². The maximum Gasteiger partial charge on any atom is 0.422 e. The van der Waals surface area contributed by atoms with Gasteiger partial charge < -0.3 is 4.74 Å². The maximum atomic E-state index is 11.8. The zero-order valence-corrected chi connectivity index (χ0v) is 8.06. The Morgan fingerprint density at radius 1 is 1.40 bits per heavy atom. The Morgan fingerprint density at radius 2 is 2.07 bits per heavy atom. The Bertz CT molecular complexity index is 388. The fourth-order valence-electron chi connectivity index (χ4n) is 1.01. The van der Waals surface area contributed by atoms with Crippen molar-refractivity contribution in [2.24, 2.45) is 0 Å². The zero-order chi connectivity index (χ0) is 11.5. The highest BCUT2D eigenvalue weighted by Crippen LogP contribution is 2.20. The molecular formula is C11H9F3O. The van der Waals surface area contributed by atoms with Gasteiger partial charge in [-0.05, 0) is 24.6 Å². The molecule has 0 saturated heterocycles. The lowest BCUT2D eigenvalue weighted by Gasteiger charge is -2.09. The molecule has 0 unspecified atom stereocenters. The van der Waals surface area contributed by atoms with Crippen molar-refractivity contribution >= 4 is 0 Å². The Kier molecular flexibility index (Phi) is 3.25. The van der Waals surface area contributed by atoms with Crippen LogP contribution in [-0.4, -0.2) is 12.8 Å². The van der Waals surface area contributed by atoms with Gasteiger partial charge in [0.15, 0.2) is 6.61 Å². The number of benzene rings is 1. The third kappa shape index (κ3) is 3.55. The number of hydrogen-bond acceptors (Lipinski definition) is 1. The van der Waals surface area contributed by atoms with E-state index in [4.69, 9.17) is 6.42 Å². The average Bonchev–Trinajstić information content (AvgIpc) is 2.15. The normalized spacial score (nSPS) is 10.9. The van der Waals surface area contributed by atoms with Crippen LogP contribution in [0, 0.1) is 19.3 Å². The van der Waals surface area contributed by atoms with Crippen LogP contribution in [0.3, 0.4) is 0 Å². The van der Waals surface area contributed by atoms with E-state index in [9.17, 15) is 13.2 Å². The maximum absolute atomic E-state index is 11.8. The molecule has 80 valence electrons. The lowest BCUT2D eigenvalue weighted by atomic mass is 10.1. The van der Waals surface area contributed by atoms with E-state index in [1.54, 1.807) is 13.0 Å². The molecule has 0 spiro atoms. The molecule has 0 radical (unpaired) electrons. The van der Waals surface area contributed by atoms with E-state index in [1.807, 2.05) is 0 Å². The Morgan fingerprint density at radius 3 is 2.60 bits per heavy atom. The summed E-state index contributed by atoms with van der Waals surface area (Å²) >= 11 is 0. The van der Waals surface area contributed by atoms with Gasteiger partial charge in [0.2, 0.25) is 0 Å². The molecule has 0 aliphatic heterocycles. The molecular weight excluding hydrogens is 205 g/mol. The monoisotopic (exact) mass is 214 g/mol. The summed E-state index contributed by atoms with van der Waals surface area (Å²) < 4.78 is 40.1. The van der Waals surface area contributed by atoms with E-state index < -0.39 is 12.8 Å². The second kappa shape index (κ2) is 4.26. The first-order chi connectivity index (χ1) is 6.92. The van der Waals surface area contributed by atoms with Crippen molar-refractivity contribution in [3.8, 4) is 18.1 Å². The molecule has 0 N–H and O–H groups in total. The minimum absolute atomic E-state index is 0.130. The van der Waals surface area contributed by atoms with Crippen molar-refractivity contribution in [1.29, 1.82) is 0 Å². The molecule has 0 heterocycles. The van der Waals surface area contributed by atoms with Crippen molar-refractivity contribution in [1.82, 2.24) is 0 Å². The molecule has 0 fully saturated rings. The predicted molar refractivity (Wildman–Crippen MR) is 50.7 cm³/mol. The molecule has 0 aliphatic carbocycles. The largest absolute Gasteiger partial charge is 0.484 e. The number of terminal acetylenes is 1. The number of hydrogen-bond donors (Lipinski definition) is 0. The second-order valence-electron chi connectivity index (χ2n) is 3.02. The Hall–Kier alpha value is -1.63. The topological polar surface area (TPSA) is 9.23 Å². The molecule has 0 amide bonds. The first-order valence-electron chi connectivity index (χ1n) is 4.19. The van der Waals surface area contributed by atoms with E-state index in [-0.39, 0.29) is 5.75 Å². The van der Waals surface area contributed by atoms with Crippen LogP contribution in [0.15, 0.2) is 18.2 Å². The van der Waals surface area contributed by atoms with Gasteiger partial charge in [-0.1, -0.05) is 12.0 Å². The van der Waals surface area contributed by atoms with Gasteiger partial charge in [0.1, 0.15) is 5.75 Å². The third-order valence-electron chi connectivity index (χ3n) is 1.77. The van der Waals surface area contributed by atoms with Gasteiger partial charge in [-0.15, -0.1) is 6.42 Å². The number of alkyl halides is 3. The lowest BCUT2D eigenvalue weighted by Crippen LogP contribution is -2.19. The second-order valence-corrected chi connectivity index (χ2v) is 3.02. The van der Waals surface area contributed by atoms with E-state index in [1.165, 1.54) is 12.1 Å². The lowest BCUT2D eigenvalue weighted by molar-refractivity contribution is -0.153. The summed E-state index contributed by atoms with van der Waals surface area (Å²) in [4.78, 5) is 0. The summed E-state index contributed by atoms with van der Waals surface area (Å²) in [6.07, 6.45) is 0.842. The molecule has 1 aromatic carbocycles. The van der Waals surface area contributed by atoms with Crippen LogP contribution in [0.1, 0.15) is 11.1 Å². The zero-order valence-electron chi connectivity index (χ0n) is 8.06. The standard InChI is InChI=1S/C11H9F3O/c1-3-9-6-10(5-4-8(9)2)15-7-11(12,13)14/h1,4-6H,7H2,2H3. The van der Waals surface area contributed by atoms with Crippen LogP contribution in [0.25, 0.3) is 0 Å². The van der Waals surface area contributed by atoms with Crippen LogP contribution in [0.5, 0.6) is 5.75 Å². The molecule has 0 atom stereocenters. The summed E-state index contributed by atoms with van der Waals surface area (Å²) in [6, 6.07) is 4.50. The van der Waals surface area contributed by atoms with E-state index in [2.05, 4.69) is 10.7 Å². The summed E-state index contributed by atoms with van der Waals surface area (Å²) in [5.41, 5.74) is 1.37. The minimum Gasteiger partial charge on any atom is -0.484 e. The van der Waals surface area contributed by atoms with Gasteiger partial charge in [-0.25, -0.2) is 0 Å². The quantitative estimate of drug-likeness (QED) is 0.688. The van der Waals surface area contributed by atoms with E-state index >= 15 is 0 Å². The molecule has 4 heteroatoms. The van der Waals surface area contributed by atoms with Gasteiger partial charge in [0.05, 0.1) is 0 Å². The number of aryl methyl sites for hydroxylation is 1. The van der Waals surface area contributed by atoms with Crippen molar-refractivity contribution in [2.75, 3.05) is 6.61 Å². The Labute approximate surface area is 85.9 Å². The SMILES string of the molecule is C#Cc1cc(OCC(F)(F)F)ccc1C. The minimum atomic E-state index is -4.33. The highest BCUT2D eigenvalue weighted by molar-refractivity contribution is 5.44. The summed E-state index contributed by atoms with van der Waals surface area (Å²) in [5, 5.41) is 0. The molecule has 0 aromatic heterocycles. The van der Waals surface area contributed by atoms with Gasteiger partial charge in [0, 0.05) is 5.56 Å². The van der Waals surface area contributed by atoms with E-state index in [0.29, 0.717) is 5.56 Å². The van der Waals surface area contributed by atoms with Crippen molar-refractivity contribution < 1.29 is 17.9 Å². The number of ether oxygens (including phenoxy) is 1. The van der Waals surface area contributed by atoms with Crippen LogP contribution < -0.4 is 4.74 Å². The highest BCUT2D eigenvalue weighted by atomic mass is 19.4. The summed E-state index contributed by atoms with van der Waals surface area (Å²) in [7, 11) is 0. The molecule has 0 bridgehead atoms. The molecule has 1 rings (SSSR count). The van der Waals surface area contributed by atoms with Gasteiger partial charge in [0.25, 0.3) is 0 Å². The molecule has 1 aromatic rings. The van der Waals surface area contributed by atoms with Gasteiger partial charge in [-0.3, -0.25) is 0 Å². The first kappa shape index (κ1) is 11.4. The molecule has 15 heavy (non-hydrogen) atoms. The summed E-state index contributed by atoms with van der Waals surface area (Å²) in [5.74, 6) is 2.50. The van der Waals surface area contributed by atoms with Crippen molar-refractivity contribution in [3.05, 3.63) is 29.3 Å².